The van der Waals surface area contributed by atoms with Gasteiger partial charge in [-0.3, -0.25) is 9.59 Å². The molecule has 156 valence electrons. The van der Waals surface area contributed by atoms with Crippen LogP contribution in [0.4, 0.5) is 5.69 Å². The van der Waals surface area contributed by atoms with Crippen molar-refractivity contribution in [3.63, 3.8) is 0 Å². The molecule has 0 atom stereocenters. The minimum Gasteiger partial charge on any atom is -0.493 e. The van der Waals surface area contributed by atoms with Gasteiger partial charge in [-0.2, -0.15) is 0 Å². The molecule has 3 rings (SSSR count). The fourth-order valence-electron chi connectivity index (χ4n) is 3.04. The van der Waals surface area contributed by atoms with Crippen LogP contribution in [0.15, 0.2) is 53.1 Å². The Morgan fingerprint density at radius 3 is 2.20 bits per heavy atom. The fourth-order valence-corrected chi connectivity index (χ4v) is 3.04. The van der Waals surface area contributed by atoms with Crippen LogP contribution in [0.25, 0.3) is 11.3 Å². The molecule has 0 aliphatic rings. The van der Waals surface area contributed by atoms with Crippen LogP contribution in [0, 0.1) is 0 Å². The van der Waals surface area contributed by atoms with E-state index >= 15 is 0 Å². The molecular formula is C23H23NO6. The number of rotatable bonds is 8. The second-order valence-corrected chi connectivity index (χ2v) is 6.38. The molecule has 0 spiro atoms. The van der Waals surface area contributed by atoms with Gasteiger partial charge in [0.05, 0.1) is 33.3 Å². The Hall–Kier alpha value is -3.74. The second kappa shape index (κ2) is 9.17. The molecule has 0 radical (unpaired) electrons. The molecule has 3 aromatic rings. The minimum absolute atomic E-state index is 0.195. The Labute approximate surface area is 174 Å². The van der Waals surface area contributed by atoms with Crippen molar-refractivity contribution in [2.75, 3.05) is 26.6 Å². The van der Waals surface area contributed by atoms with E-state index in [1.165, 1.54) is 21.3 Å². The molecule has 1 aromatic heterocycles. The standard InChI is InChI=1S/C23H23NO6/c1-5-21(25)24-17-9-8-14(18-7-6-10-30-18)11-16(17)22(26)15-12-19(27-2)23(29-4)20(13-15)28-3/h6-13H,5H2,1-4H3,(H,24,25). The molecule has 30 heavy (non-hydrogen) atoms. The summed E-state index contributed by atoms with van der Waals surface area (Å²) in [6.45, 7) is 1.74. The molecule has 7 nitrogen and oxygen atoms in total. The van der Waals surface area contributed by atoms with Gasteiger partial charge >= 0.3 is 0 Å². The maximum atomic E-state index is 13.5. The highest BCUT2D eigenvalue weighted by Gasteiger charge is 2.21. The predicted molar refractivity (Wildman–Crippen MR) is 113 cm³/mol. The quantitative estimate of drug-likeness (QED) is 0.549. The molecule has 0 saturated carbocycles. The van der Waals surface area contributed by atoms with Gasteiger partial charge in [-0.25, -0.2) is 0 Å². The van der Waals surface area contributed by atoms with Gasteiger partial charge in [-0.1, -0.05) is 6.92 Å². The van der Waals surface area contributed by atoms with E-state index in [4.69, 9.17) is 18.6 Å². The number of nitrogens with one attached hydrogen (secondary N) is 1. The molecule has 1 heterocycles. The monoisotopic (exact) mass is 409 g/mol. The van der Waals surface area contributed by atoms with Gasteiger partial charge in [-0.15, -0.1) is 0 Å². The third-order valence-electron chi connectivity index (χ3n) is 4.59. The van der Waals surface area contributed by atoms with Crippen molar-refractivity contribution >= 4 is 17.4 Å². The summed E-state index contributed by atoms with van der Waals surface area (Å²) in [5, 5.41) is 2.79. The number of hydrogen-bond donors (Lipinski definition) is 1. The van der Waals surface area contributed by atoms with Crippen LogP contribution in [0.1, 0.15) is 29.3 Å². The number of carbonyl (C=O) groups excluding carboxylic acids is 2. The summed E-state index contributed by atoms with van der Waals surface area (Å²) >= 11 is 0. The van der Waals surface area contributed by atoms with E-state index in [1.54, 1.807) is 55.7 Å². The zero-order valence-electron chi connectivity index (χ0n) is 17.3. The fraction of sp³-hybridized carbons (Fsp3) is 0.217. The smallest absolute Gasteiger partial charge is 0.224 e. The van der Waals surface area contributed by atoms with E-state index < -0.39 is 0 Å². The SMILES string of the molecule is CCC(=O)Nc1ccc(-c2ccco2)cc1C(=O)c1cc(OC)c(OC)c(OC)c1. The molecule has 0 aliphatic heterocycles. The number of amides is 1. The van der Waals surface area contributed by atoms with Gasteiger partial charge in [0.2, 0.25) is 11.7 Å². The summed E-state index contributed by atoms with van der Waals surface area (Å²) in [4.78, 5) is 25.5. The average Bonchev–Trinajstić information content (AvgIpc) is 3.32. The Bertz CT molecular complexity index is 1030. The summed E-state index contributed by atoms with van der Waals surface area (Å²) < 4.78 is 21.5. The number of benzene rings is 2. The van der Waals surface area contributed by atoms with Gasteiger partial charge in [0.15, 0.2) is 17.3 Å². The van der Waals surface area contributed by atoms with Crippen molar-refractivity contribution in [2.24, 2.45) is 0 Å². The van der Waals surface area contributed by atoms with Crippen molar-refractivity contribution in [1.82, 2.24) is 0 Å². The topological polar surface area (TPSA) is 87.0 Å². The first-order valence-electron chi connectivity index (χ1n) is 9.34. The van der Waals surface area contributed by atoms with Crippen LogP contribution in [0.2, 0.25) is 0 Å². The molecule has 0 fully saturated rings. The van der Waals surface area contributed by atoms with Gasteiger partial charge in [0.1, 0.15) is 5.76 Å². The zero-order valence-corrected chi connectivity index (χ0v) is 17.3. The highest BCUT2D eigenvalue weighted by atomic mass is 16.5. The Morgan fingerprint density at radius 2 is 1.67 bits per heavy atom. The molecule has 1 amide bonds. The maximum Gasteiger partial charge on any atom is 0.224 e. The largest absolute Gasteiger partial charge is 0.493 e. The van der Waals surface area contributed by atoms with Gasteiger partial charge in [0.25, 0.3) is 0 Å². The van der Waals surface area contributed by atoms with Gasteiger partial charge in [0, 0.05) is 23.1 Å². The molecule has 1 N–H and O–H groups in total. The zero-order chi connectivity index (χ0) is 21.7. The lowest BCUT2D eigenvalue weighted by Crippen LogP contribution is -2.14. The van der Waals surface area contributed by atoms with Gasteiger partial charge < -0.3 is 23.9 Å². The second-order valence-electron chi connectivity index (χ2n) is 6.38. The van der Waals surface area contributed by atoms with Crippen molar-refractivity contribution in [3.8, 4) is 28.6 Å². The molecule has 0 unspecified atom stereocenters. The van der Waals surface area contributed by atoms with E-state index in [0.717, 1.165) is 0 Å². The first kappa shape index (κ1) is 21.0. The molecule has 0 bridgehead atoms. The number of ketones is 1. The van der Waals surface area contributed by atoms with Crippen molar-refractivity contribution in [3.05, 3.63) is 59.9 Å². The van der Waals surface area contributed by atoms with Crippen LogP contribution < -0.4 is 19.5 Å². The predicted octanol–water partition coefficient (Wildman–Crippen LogP) is 4.55. The first-order valence-corrected chi connectivity index (χ1v) is 9.34. The number of ether oxygens (including phenoxy) is 3. The Balaban J connectivity index is 2.13. The normalized spacial score (nSPS) is 10.4. The lowest BCUT2D eigenvalue weighted by atomic mass is 9.97. The summed E-state index contributed by atoms with van der Waals surface area (Å²) in [7, 11) is 4.46. The Kier molecular flexibility index (Phi) is 6.41. The van der Waals surface area contributed by atoms with Crippen molar-refractivity contribution in [1.29, 1.82) is 0 Å². The van der Waals surface area contributed by atoms with Crippen LogP contribution >= 0.6 is 0 Å². The summed E-state index contributed by atoms with van der Waals surface area (Å²) in [5.74, 6) is 1.22. The highest BCUT2D eigenvalue weighted by molar-refractivity contribution is 6.15. The maximum absolute atomic E-state index is 13.5. The number of furan rings is 1. The summed E-state index contributed by atoms with van der Waals surface area (Å²) in [5.41, 5.74) is 1.77. The number of carbonyl (C=O) groups is 2. The molecule has 0 saturated heterocycles. The van der Waals surface area contributed by atoms with Crippen LogP contribution in [-0.4, -0.2) is 33.0 Å². The molecule has 2 aromatic carbocycles. The Morgan fingerprint density at radius 1 is 0.967 bits per heavy atom. The van der Waals surface area contributed by atoms with E-state index in [1.807, 2.05) is 0 Å². The van der Waals surface area contributed by atoms with Crippen LogP contribution in [0.5, 0.6) is 17.2 Å². The van der Waals surface area contributed by atoms with Crippen molar-refractivity contribution < 1.29 is 28.2 Å². The lowest BCUT2D eigenvalue weighted by molar-refractivity contribution is -0.115. The summed E-state index contributed by atoms with van der Waals surface area (Å²) in [6, 6.07) is 11.9. The lowest BCUT2D eigenvalue weighted by Gasteiger charge is -2.15. The third-order valence-corrected chi connectivity index (χ3v) is 4.59. The van der Waals surface area contributed by atoms with E-state index in [-0.39, 0.29) is 18.1 Å². The van der Waals surface area contributed by atoms with Gasteiger partial charge in [-0.05, 0) is 42.5 Å². The number of methoxy groups -OCH3 is 3. The molecular weight excluding hydrogens is 386 g/mol. The van der Waals surface area contributed by atoms with E-state index in [0.29, 0.717) is 45.4 Å². The minimum atomic E-state index is -0.311. The van der Waals surface area contributed by atoms with E-state index in [9.17, 15) is 9.59 Å². The van der Waals surface area contributed by atoms with Crippen LogP contribution in [0.3, 0.4) is 0 Å². The van der Waals surface area contributed by atoms with E-state index in [2.05, 4.69) is 5.32 Å². The number of hydrogen-bond acceptors (Lipinski definition) is 6. The summed E-state index contributed by atoms with van der Waals surface area (Å²) in [6.07, 6.45) is 1.85. The third kappa shape index (κ3) is 4.15. The molecule has 0 aliphatic carbocycles. The van der Waals surface area contributed by atoms with Crippen LogP contribution in [-0.2, 0) is 4.79 Å². The first-order chi connectivity index (χ1) is 14.5. The van der Waals surface area contributed by atoms with Crippen molar-refractivity contribution in [2.45, 2.75) is 13.3 Å². The average molecular weight is 409 g/mol. The highest BCUT2D eigenvalue weighted by Crippen LogP contribution is 2.39. The number of anilines is 1. The molecule has 7 heteroatoms.